The number of ether oxygens (including phenoxy) is 3. The van der Waals surface area contributed by atoms with Gasteiger partial charge in [-0.1, -0.05) is 32.6 Å². The van der Waals surface area contributed by atoms with Gasteiger partial charge < -0.3 is 14.2 Å². The van der Waals surface area contributed by atoms with Crippen LogP contribution in [-0.2, 0) is 19.0 Å². The molecule has 0 amide bonds. The van der Waals surface area contributed by atoms with Crippen LogP contribution in [0.25, 0.3) is 0 Å². The predicted octanol–water partition coefficient (Wildman–Crippen LogP) is 2.35. The van der Waals surface area contributed by atoms with Crippen LogP contribution in [0.2, 0.25) is 0 Å². The molecule has 0 spiro atoms. The first-order chi connectivity index (χ1) is 8.79. The zero-order valence-corrected chi connectivity index (χ0v) is 11.7. The Bertz CT molecular complexity index is 230. The Morgan fingerprint density at radius 1 is 1.06 bits per heavy atom. The highest BCUT2D eigenvalue weighted by atomic mass is 16.6. The van der Waals surface area contributed by atoms with Crippen LogP contribution in [0.15, 0.2) is 0 Å². The van der Waals surface area contributed by atoms with Crippen molar-refractivity contribution < 1.29 is 19.0 Å². The molecule has 1 aliphatic carbocycles. The smallest absolute Gasteiger partial charge is 0.166 e. The quantitative estimate of drug-likeness (QED) is 0.534. The van der Waals surface area contributed by atoms with E-state index in [1.807, 2.05) is 0 Å². The van der Waals surface area contributed by atoms with Crippen molar-refractivity contribution in [3.05, 3.63) is 0 Å². The van der Waals surface area contributed by atoms with E-state index in [1.165, 1.54) is 25.7 Å². The molecule has 0 N–H and O–H groups in total. The Morgan fingerprint density at radius 2 is 1.83 bits per heavy atom. The molecule has 0 heterocycles. The summed E-state index contributed by atoms with van der Waals surface area (Å²) < 4.78 is 16.0. The van der Waals surface area contributed by atoms with Crippen molar-refractivity contribution >= 4 is 5.78 Å². The third-order valence-electron chi connectivity index (χ3n) is 3.22. The summed E-state index contributed by atoms with van der Waals surface area (Å²) >= 11 is 0. The molecule has 0 aromatic heterocycles. The van der Waals surface area contributed by atoms with Gasteiger partial charge in [-0.3, -0.25) is 4.79 Å². The Hall–Kier alpha value is -0.450. The van der Waals surface area contributed by atoms with E-state index in [-0.39, 0.29) is 18.0 Å². The molecule has 0 saturated heterocycles. The molecule has 0 bridgehead atoms. The van der Waals surface area contributed by atoms with Gasteiger partial charge in [0.25, 0.3) is 0 Å². The molecule has 2 unspecified atom stereocenters. The molecule has 4 nitrogen and oxygen atoms in total. The summed E-state index contributed by atoms with van der Waals surface area (Å²) in [4.78, 5) is 11.4. The third-order valence-corrected chi connectivity index (χ3v) is 3.22. The van der Waals surface area contributed by atoms with Crippen molar-refractivity contribution in [2.75, 3.05) is 26.9 Å². The SMILES string of the molecule is CCCCCCCOC1CC(=O)C1OCCOC. The zero-order chi connectivity index (χ0) is 13.2. The van der Waals surface area contributed by atoms with E-state index in [0.29, 0.717) is 19.6 Å². The number of rotatable bonds is 11. The van der Waals surface area contributed by atoms with Gasteiger partial charge in [-0.2, -0.15) is 0 Å². The maximum absolute atomic E-state index is 11.4. The highest BCUT2D eigenvalue weighted by Gasteiger charge is 2.41. The summed E-state index contributed by atoms with van der Waals surface area (Å²) in [5.41, 5.74) is 0. The Labute approximate surface area is 110 Å². The third kappa shape index (κ3) is 5.46. The van der Waals surface area contributed by atoms with Gasteiger partial charge >= 0.3 is 0 Å². The van der Waals surface area contributed by atoms with Crippen LogP contribution in [0.4, 0.5) is 0 Å². The van der Waals surface area contributed by atoms with E-state index in [1.54, 1.807) is 7.11 Å². The van der Waals surface area contributed by atoms with E-state index in [0.717, 1.165) is 13.0 Å². The Kier molecular flexibility index (Phi) is 8.22. The number of carbonyl (C=O) groups excluding carboxylic acids is 1. The second-order valence-corrected chi connectivity index (χ2v) is 4.78. The number of carbonyl (C=O) groups is 1. The van der Waals surface area contributed by atoms with Crippen molar-refractivity contribution in [3.63, 3.8) is 0 Å². The molecule has 0 aromatic rings. The highest BCUT2D eigenvalue weighted by molar-refractivity contribution is 5.90. The first kappa shape index (κ1) is 15.6. The largest absolute Gasteiger partial charge is 0.382 e. The number of methoxy groups -OCH3 is 1. The first-order valence-electron chi connectivity index (χ1n) is 7.04. The number of hydrogen-bond acceptors (Lipinski definition) is 4. The lowest BCUT2D eigenvalue weighted by Gasteiger charge is -2.34. The second kappa shape index (κ2) is 9.48. The maximum Gasteiger partial charge on any atom is 0.166 e. The monoisotopic (exact) mass is 258 g/mol. The summed E-state index contributed by atoms with van der Waals surface area (Å²) in [6.45, 7) is 3.93. The summed E-state index contributed by atoms with van der Waals surface area (Å²) in [6.07, 6.45) is 6.25. The van der Waals surface area contributed by atoms with E-state index >= 15 is 0 Å². The van der Waals surface area contributed by atoms with Gasteiger partial charge in [0.2, 0.25) is 0 Å². The lowest BCUT2D eigenvalue weighted by Crippen LogP contribution is -2.51. The second-order valence-electron chi connectivity index (χ2n) is 4.78. The van der Waals surface area contributed by atoms with E-state index in [4.69, 9.17) is 14.2 Å². The molecule has 0 radical (unpaired) electrons. The van der Waals surface area contributed by atoms with Crippen LogP contribution in [-0.4, -0.2) is 44.9 Å². The summed E-state index contributed by atoms with van der Waals surface area (Å²) in [7, 11) is 1.62. The van der Waals surface area contributed by atoms with Crippen molar-refractivity contribution in [3.8, 4) is 0 Å². The maximum atomic E-state index is 11.4. The molecule has 0 aliphatic heterocycles. The number of unbranched alkanes of at least 4 members (excludes halogenated alkanes) is 4. The van der Waals surface area contributed by atoms with Gasteiger partial charge in [-0.05, 0) is 6.42 Å². The fourth-order valence-corrected chi connectivity index (χ4v) is 2.01. The van der Waals surface area contributed by atoms with Crippen molar-refractivity contribution in [2.24, 2.45) is 0 Å². The predicted molar refractivity (Wildman–Crippen MR) is 69.7 cm³/mol. The standard InChI is InChI=1S/C14H26O4/c1-3-4-5-6-7-8-17-13-11-12(15)14(13)18-10-9-16-2/h13-14H,3-11H2,1-2H3. The molecular formula is C14H26O4. The summed E-state index contributed by atoms with van der Waals surface area (Å²) in [6, 6.07) is 0. The van der Waals surface area contributed by atoms with Gasteiger partial charge in [-0.15, -0.1) is 0 Å². The molecule has 106 valence electrons. The molecule has 0 aromatic carbocycles. The molecule has 1 fully saturated rings. The Morgan fingerprint density at radius 3 is 2.50 bits per heavy atom. The topological polar surface area (TPSA) is 44.8 Å². The average molecular weight is 258 g/mol. The van der Waals surface area contributed by atoms with Crippen LogP contribution in [0.1, 0.15) is 45.4 Å². The first-order valence-corrected chi connectivity index (χ1v) is 7.04. The highest BCUT2D eigenvalue weighted by Crippen LogP contribution is 2.23. The molecule has 4 heteroatoms. The number of ketones is 1. The molecular weight excluding hydrogens is 232 g/mol. The molecule has 2 atom stereocenters. The molecule has 1 rings (SSSR count). The fraction of sp³-hybridized carbons (Fsp3) is 0.929. The summed E-state index contributed by atoms with van der Waals surface area (Å²) in [5.74, 6) is 0.155. The van der Waals surface area contributed by atoms with E-state index in [9.17, 15) is 4.79 Å². The zero-order valence-electron chi connectivity index (χ0n) is 11.7. The van der Waals surface area contributed by atoms with Gasteiger partial charge in [0, 0.05) is 20.1 Å². The number of hydrogen-bond donors (Lipinski definition) is 0. The minimum atomic E-state index is -0.351. The van der Waals surface area contributed by atoms with Crippen LogP contribution in [0.5, 0.6) is 0 Å². The van der Waals surface area contributed by atoms with Gasteiger partial charge in [0.1, 0.15) is 6.10 Å². The minimum absolute atomic E-state index is 0.0273. The van der Waals surface area contributed by atoms with Crippen molar-refractivity contribution in [1.82, 2.24) is 0 Å². The van der Waals surface area contributed by atoms with Gasteiger partial charge in [0.15, 0.2) is 5.78 Å². The molecule has 1 saturated carbocycles. The van der Waals surface area contributed by atoms with Crippen LogP contribution >= 0.6 is 0 Å². The van der Waals surface area contributed by atoms with Crippen LogP contribution in [0.3, 0.4) is 0 Å². The Balaban J connectivity index is 2.01. The van der Waals surface area contributed by atoms with Crippen LogP contribution < -0.4 is 0 Å². The normalized spacial score (nSPS) is 23.1. The summed E-state index contributed by atoms with van der Waals surface area (Å²) in [5, 5.41) is 0. The lowest BCUT2D eigenvalue weighted by atomic mass is 9.90. The fourth-order valence-electron chi connectivity index (χ4n) is 2.01. The van der Waals surface area contributed by atoms with Crippen LogP contribution in [0, 0.1) is 0 Å². The lowest BCUT2D eigenvalue weighted by molar-refractivity contribution is -0.167. The minimum Gasteiger partial charge on any atom is -0.382 e. The van der Waals surface area contributed by atoms with Gasteiger partial charge in [0.05, 0.1) is 19.3 Å². The average Bonchev–Trinajstić information content (AvgIpc) is 2.37. The van der Waals surface area contributed by atoms with Crippen molar-refractivity contribution in [1.29, 1.82) is 0 Å². The molecule has 18 heavy (non-hydrogen) atoms. The molecule has 1 aliphatic rings. The van der Waals surface area contributed by atoms with E-state index in [2.05, 4.69) is 6.92 Å². The van der Waals surface area contributed by atoms with Gasteiger partial charge in [-0.25, -0.2) is 0 Å². The van der Waals surface area contributed by atoms with Crippen molar-refractivity contribution in [2.45, 2.75) is 57.7 Å². The van der Waals surface area contributed by atoms with E-state index < -0.39 is 0 Å². The number of Topliss-reactive ketones (excluding diaryl/α,β-unsaturated/α-hetero) is 1.